The number of nitriles is 1. The summed E-state index contributed by atoms with van der Waals surface area (Å²) in [5.41, 5.74) is -3.95. The molecule has 2 fully saturated rings. The maximum absolute atomic E-state index is 13.0. The zero-order valence-electron chi connectivity index (χ0n) is 25.3. The van der Waals surface area contributed by atoms with Crippen molar-refractivity contribution in [2.45, 2.75) is 30.2 Å². The maximum atomic E-state index is 13.0. The van der Waals surface area contributed by atoms with E-state index in [0.29, 0.717) is 6.07 Å². The first-order valence-electron chi connectivity index (χ1n) is 14.2. The lowest BCUT2D eigenvalue weighted by Gasteiger charge is -2.22. The summed E-state index contributed by atoms with van der Waals surface area (Å²) in [4.78, 5) is 23.7. The van der Waals surface area contributed by atoms with Crippen LogP contribution in [0.25, 0.3) is 0 Å². The van der Waals surface area contributed by atoms with Gasteiger partial charge >= 0.3 is 19.9 Å². The summed E-state index contributed by atoms with van der Waals surface area (Å²) in [6.07, 6.45) is -5.48. The Labute approximate surface area is 273 Å². The fourth-order valence-corrected chi connectivity index (χ4v) is 8.00. The molecule has 3 aromatic rings. The highest BCUT2D eigenvalue weighted by Gasteiger charge is 2.49. The van der Waals surface area contributed by atoms with Crippen LogP contribution < -0.4 is 10.4 Å². The Balaban J connectivity index is 0.000000235. The summed E-state index contributed by atoms with van der Waals surface area (Å²) in [5.74, 6) is -3.06. The highest BCUT2D eigenvalue weighted by Crippen LogP contribution is 2.56. The van der Waals surface area contributed by atoms with Crippen molar-refractivity contribution in [3.05, 3.63) is 95.3 Å². The Hall–Kier alpha value is -4.33. The van der Waals surface area contributed by atoms with E-state index < -0.39 is 63.9 Å². The molecule has 2 amide bonds. The van der Waals surface area contributed by atoms with Gasteiger partial charge in [-0.3, -0.25) is 9.36 Å². The molecule has 2 aliphatic heterocycles. The van der Waals surface area contributed by atoms with Crippen molar-refractivity contribution in [2.24, 2.45) is 0 Å². The quantitative estimate of drug-likeness (QED) is 0.118. The van der Waals surface area contributed by atoms with E-state index in [0.717, 1.165) is 75.1 Å². The average Bonchev–Trinajstić information content (AvgIpc) is 3.93. The number of benzene rings is 3. The monoisotopic (exact) mass is 711 g/mol. The van der Waals surface area contributed by atoms with Crippen molar-refractivity contribution in [3.8, 4) is 6.07 Å². The van der Waals surface area contributed by atoms with Crippen LogP contribution >= 0.6 is 7.59 Å². The number of alkyl halides is 3. The second kappa shape index (κ2) is 14.4. The summed E-state index contributed by atoms with van der Waals surface area (Å²) >= 11 is 0. The predicted octanol–water partition coefficient (Wildman–Crippen LogP) is 4.53. The number of hydrogen-bond acceptors (Lipinski definition) is 8. The zero-order valence-corrected chi connectivity index (χ0v) is 27.0. The first-order valence-corrected chi connectivity index (χ1v) is 17.4. The molecule has 1 unspecified atom stereocenters. The second-order valence-corrected chi connectivity index (χ2v) is 15.4. The van der Waals surface area contributed by atoms with Gasteiger partial charge in [0.1, 0.15) is 12.4 Å². The van der Waals surface area contributed by atoms with E-state index in [1.807, 2.05) is 35.6 Å². The van der Waals surface area contributed by atoms with Crippen LogP contribution in [0.2, 0.25) is 0 Å². The summed E-state index contributed by atoms with van der Waals surface area (Å²) < 4.78 is 97.9. The van der Waals surface area contributed by atoms with Crippen LogP contribution in [0, 0.1) is 17.1 Å². The lowest BCUT2D eigenvalue weighted by Crippen LogP contribution is -2.45. The molecule has 0 aliphatic carbocycles. The van der Waals surface area contributed by atoms with Crippen LogP contribution in [0.4, 0.5) is 28.0 Å². The molecule has 18 heteroatoms. The normalized spacial score (nSPS) is 15.9. The summed E-state index contributed by atoms with van der Waals surface area (Å²) in [6, 6.07) is 16.8. The van der Waals surface area contributed by atoms with Crippen LogP contribution in [0.5, 0.6) is 0 Å². The maximum Gasteiger partial charge on any atom is 0.417 e. The van der Waals surface area contributed by atoms with Gasteiger partial charge in [-0.05, 0) is 55.0 Å². The average molecular weight is 712 g/mol. The van der Waals surface area contributed by atoms with Gasteiger partial charge in [-0.2, -0.15) is 18.4 Å². The number of nitrogens with one attached hydrogen (secondary N) is 2. The lowest BCUT2D eigenvalue weighted by molar-refractivity contribution is -0.137. The van der Waals surface area contributed by atoms with Crippen molar-refractivity contribution in [1.82, 2.24) is 14.4 Å². The number of sulfone groups is 1. The van der Waals surface area contributed by atoms with Gasteiger partial charge in [0.25, 0.3) is 5.91 Å². The largest absolute Gasteiger partial charge is 0.444 e. The Morgan fingerprint density at radius 3 is 2.10 bits per heavy atom. The first kappa shape index (κ1) is 36.5. The van der Waals surface area contributed by atoms with Gasteiger partial charge in [0.15, 0.2) is 15.4 Å². The topological polar surface area (TPSA) is 169 Å². The van der Waals surface area contributed by atoms with E-state index in [-0.39, 0.29) is 17.2 Å². The SMILES string of the molecule is CC(O)(CS(=O)(=O)c1ccc(F)cc1)C(=O)Nc1ccc(C#N)c(C(F)(F)F)c1.O=C(NP(=O)(N1CC1)N1CC1)OCc1ccccc1. The predicted molar refractivity (Wildman–Crippen MR) is 164 cm³/mol. The molecule has 12 nitrogen and oxygen atoms in total. The number of hydrogen-bond donors (Lipinski definition) is 3. The Bertz CT molecular complexity index is 1830. The molecule has 3 N–H and O–H groups in total. The number of ether oxygens (including phenoxy) is 1. The fraction of sp³-hybridized carbons (Fsp3) is 0.300. The van der Waals surface area contributed by atoms with Crippen molar-refractivity contribution in [1.29, 1.82) is 5.26 Å². The number of aliphatic hydroxyl groups is 1. The van der Waals surface area contributed by atoms with E-state index >= 15 is 0 Å². The van der Waals surface area contributed by atoms with Gasteiger partial charge in [0, 0.05) is 31.9 Å². The van der Waals surface area contributed by atoms with Gasteiger partial charge in [-0.1, -0.05) is 30.3 Å². The minimum atomic E-state index is -4.86. The van der Waals surface area contributed by atoms with Crippen LogP contribution in [-0.2, 0) is 36.7 Å². The molecule has 0 saturated carbocycles. The van der Waals surface area contributed by atoms with Crippen LogP contribution in [0.15, 0.2) is 77.7 Å². The molecular weight excluding hydrogens is 681 g/mol. The Morgan fingerprint density at radius 1 is 1.00 bits per heavy atom. The van der Waals surface area contributed by atoms with E-state index in [1.54, 1.807) is 9.34 Å². The number of rotatable bonds is 10. The molecule has 2 aliphatic rings. The molecule has 48 heavy (non-hydrogen) atoms. The summed E-state index contributed by atoms with van der Waals surface area (Å²) in [5, 5.41) is 23.6. The molecule has 1 atom stereocenters. The lowest BCUT2D eigenvalue weighted by atomic mass is 10.1. The van der Waals surface area contributed by atoms with Crippen molar-refractivity contribution >= 4 is 35.1 Å². The highest BCUT2D eigenvalue weighted by atomic mass is 32.2. The summed E-state index contributed by atoms with van der Waals surface area (Å²) in [7, 11) is -7.09. The van der Waals surface area contributed by atoms with E-state index in [1.165, 1.54) is 6.07 Å². The third kappa shape index (κ3) is 9.61. The molecule has 0 aromatic heterocycles. The van der Waals surface area contributed by atoms with Crippen LogP contribution in [0.3, 0.4) is 0 Å². The Kier molecular flexibility index (Phi) is 11.0. The van der Waals surface area contributed by atoms with Gasteiger partial charge in [-0.25, -0.2) is 32.0 Å². The third-order valence-electron chi connectivity index (χ3n) is 6.90. The molecule has 2 saturated heterocycles. The van der Waals surface area contributed by atoms with Gasteiger partial charge in [0.05, 0.1) is 27.8 Å². The molecular formula is C30H30F4N5O7PS. The van der Waals surface area contributed by atoms with E-state index in [4.69, 9.17) is 10.00 Å². The highest BCUT2D eigenvalue weighted by molar-refractivity contribution is 7.91. The number of halogens is 4. The standard InChI is InChI=1S/C18H14F4N2O4S.C12H16N3O3P/c1-17(26,10-29(27,28)14-6-3-12(19)4-7-14)16(25)24-13-5-2-11(9-23)15(8-13)18(20,21)22;16-12(18-10-11-4-2-1-3-5-11)13-19(17,14-6-7-14)15-8-9-15/h2-8,26H,10H2,1H3,(H,24,25);1-5H,6-10H2,(H,13,16,17). The second-order valence-electron chi connectivity index (χ2n) is 10.9. The molecule has 0 bridgehead atoms. The van der Waals surface area contributed by atoms with Gasteiger partial charge in [-0.15, -0.1) is 0 Å². The van der Waals surface area contributed by atoms with Crippen molar-refractivity contribution in [3.63, 3.8) is 0 Å². The number of carbonyl (C=O) groups excluding carboxylic acids is 2. The van der Waals surface area contributed by atoms with Crippen LogP contribution in [-0.4, -0.2) is 72.4 Å². The summed E-state index contributed by atoms with van der Waals surface area (Å²) in [6.45, 7) is 4.14. The molecule has 0 radical (unpaired) electrons. The number of nitrogens with zero attached hydrogens (tertiary/aromatic N) is 3. The van der Waals surface area contributed by atoms with E-state index in [2.05, 4.69) is 5.09 Å². The zero-order chi connectivity index (χ0) is 35.3. The number of amides is 2. The van der Waals surface area contributed by atoms with Crippen molar-refractivity contribution in [2.75, 3.05) is 37.2 Å². The smallest absolute Gasteiger partial charge is 0.417 e. The number of carbonyl (C=O) groups is 2. The molecule has 3 aromatic carbocycles. The van der Waals surface area contributed by atoms with Crippen molar-refractivity contribution < 1.29 is 50.0 Å². The minimum Gasteiger partial charge on any atom is -0.444 e. The molecule has 0 spiro atoms. The van der Waals surface area contributed by atoms with Gasteiger partial charge in [0.2, 0.25) is 0 Å². The van der Waals surface area contributed by atoms with E-state index in [9.17, 15) is 45.2 Å². The Morgan fingerprint density at radius 2 is 1.58 bits per heavy atom. The van der Waals surface area contributed by atoms with Gasteiger partial charge < -0.3 is 15.2 Å². The first-order chi connectivity index (χ1) is 22.4. The molecule has 5 rings (SSSR count). The molecule has 2 heterocycles. The minimum absolute atomic E-state index is 0.187. The van der Waals surface area contributed by atoms with Crippen LogP contribution in [0.1, 0.15) is 23.6 Å². The number of anilines is 1. The fourth-order valence-electron chi connectivity index (χ4n) is 4.21. The third-order valence-corrected chi connectivity index (χ3v) is 11.6. The molecule has 256 valence electrons.